The van der Waals surface area contributed by atoms with Gasteiger partial charge in [0.05, 0.1) is 25.9 Å². The molecule has 1 fully saturated rings. The van der Waals surface area contributed by atoms with Gasteiger partial charge in [0, 0.05) is 23.7 Å². The number of likely N-dealkylation sites (tertiary alicyclic amines) is 1. The molecular weight excluding hydrogens is 319 g/mol. The summed E-state index contributed by atoms with van der Waals surface area (Å²) in [5.41, 5.74) is 2.08. The minimum Gasteiger partial charge on any atom is -0.497 e. The average Bonchev–Trinajstić information content (AvgIpc) is 3.11. The van der Waals surface area contributed by atoms with Gasteiger partial charge in [0.25, 0.3) is 0 Å². The molecule has 1 saturated heterocycles. The van der Waals surface area contributed by atoms with Crippen LogP contribution in [-0.2, 0) is 6.54 Å². The van der Waals surface area contributed by atoms with Gasteiger partial charge in [-0.3, -0.25) is 4.90 Å². The predicted octanol–water partition coefficient (Wildman–Crippen LogP) is 4.05. The normalized spacial score (nSPS) is 17.3. The highest BCUT2D eigenvalue weighted by Gasteiger charge is 2.29. The molecule has 25 heavy (non-hydrogen) atoms. The van der Waals surface area contributed by atoms with Gasteiger partial charge >= 0.3 is 0 Å². The summed E-state index contributed by atoms with van der Waals surface area (Å²) < 4.78 is 25.0. The van der Waals surface area contributed by atoms with E-state index in [0.717, 1.165) is 36.4 Å². The molecule has 2 aromatic rings. The van der Waals surface area contributed by atoms with E-state index in [1.54, 1.807) is 20.3 Å². The maximum Gasteiger partial charge on any atom is 0.127 e. The molecule has 130 valence electrons. The van der Waals surface area contributed by atoms with E-state index in [4.69, 9.17) is 14.7 Å². The fourth-order valence-corrected chi connectivity index (χ4v) is 3.45. The Hall–Kier alpha value is -2.58. The van der Waals surface area contributed by atoms with Crippen LogP contribution in [-0.4, -0.2) is 25.7 Å². The summed E-state index contributed by atoms with van der Waals surface area (Å²) >= 11 is 0. The highest BCUT2D eigenvalue weighted by atomic mass is 19.1. The molecule has 0 unspecified atom stereocenters. The van der Waals surface area contributed by atoms with Crippen LogP contribution in [0.25, 0.3) is 0 Å². The first kappa shape index (κ1) is 17.2. The SMILES string of the molecule is COc1ccc(OC)c([C@H]2CCCN2Cc2cc(C#N)ccc2F)c1. The van der Waals surface area contributed by atoms with Crippen molar-refractivity contribution < 1.29 is 13.9 Å². The van der Waals surface area contributed by atoms with Crippen LogP contribution in [0.15, 0.2) is 36.4 Å². The standard InChI is InChI=1S/C20H21FN2O2/c1-24-16-6-8-20(25-2)17(11-16)19-4-3-9-23(19)13-15-10-14(12-22)5-7-18(15)21/h5-8,10-11,19H,3-4,9,13H2,1-2H3/t19-/m1/s1. The Morgan fingerprint density at radius 2 is 2.04 bits per heavy atom. The number of nitrogens with zero attached hydrogens (tertiary/aromatic N) is 2. The summed E-state index contributed by atoms with van der Waals surface area (Å²) in [6.07, 6.45) is 2.01. The van der Waals surface area contributed by atoms with Crippen molar-refractivity contribution in [2.24, 2.45) is 0 Å². The van der Waals surface area contributed by atoms with E-state index < -0.39 is 0 Å². The molecule has 0 bridgehead atoms. The average molecular weight is 340 g/mol. The minimum atomic E-state index is -0.276. The van der Waals surface area contributed by atoms with Gasteiger partial charge < -0.3 is 9.47 Å². The number of hydrogen-bond donors (Lipinski definition) is 0. The van der Waals surface area contributed by atoms with Crippen molar-refractivity contribution in [3.8, 4) is 17.6 Å². The van der Waals surface area contributed by atoms with Gasteiger partial charge in [-0.15, -0.1) is 0 Å². The van der Waals surface area contributed by atoms with Crippen molar-refractivity contribution in [3.05, 3.63) is 58.9 Å². The van der Waals surface area contributed by atoms with Gasteiger partial charge in [-0.1, -0.05) is 0 Å². The number of rotatable bonds is 5. The van der Waals surface area contributed by atoms with E-state index in [0.29, 0.717) is 17.7 Å². The highest BCUT2D eigenvalue weighted by molar-refractivity contribution is 5.43. The Morgan fingerprint density at radius 3 is 2.76 bits per heavy atom. The Labute approximate surface area is 147 Å². The topological polar surface area (TPSA) is 45.5 Å². The molecule has 1 atom stereocenters. The molecule has 1 heterocycles. The van der Waals surface area contributed by atoms with Crippen LogP contribution < -0.4 is 9.47 Å². The van der Waals surface area contributed by atoms with Gasteiger partial charge in [-0.25, -0.2) is 4.39 Å². The number of ether oxygens (including phenoxy) is 2. The van der Waals surface area contributed by atoms with E-state index in [2.05, 4.69) is 11.0 Å². The summed E-state index contributed by atoms with van der Waals surface area (Å²) in [5, 5.41) is 9.05. The van der Waals surface area contributed by atoms with Crippen LogP contribution in [0.3, 0.4) is 0 Å². The molecular formula is C20H21FN2O2. The Kier molecular flexibility index (Phi) is 5.20. The Bertz CT molecular complexity index is 801. The Morgan fingerprint density at radius 1 is 1.20 bits per heavy atom. The van der Waals surface area contributed by atoms with Crippen molar-refractivity contribution >= 4 is 0 Å². The number of halogens is 1. The smallest absolute Gasteiger partial charge is 0.127 e. The first-order valence-corrected chi connectivity index (χ1v) is 8.30. The van der Waals surface area contributed by atoms with Gasteiger partial charge in [0.15, 0.2) is 0 Å². The van der Waals surface area contributed by atoms with Crippen molar-refractivity contribution in [3.63, 3.8) is 0 Å². The molecule has 0 aromatic heterocycles. The second-order valence-corrected chi connectivity index (χ2v) is 6.15. The van der Waals surface area contributed by atoms with Gasteiger partial charge in [-0.05, 0) is 55.8 Å². The summed E-state index contributed by atoms with van der Waals surface area (Å²) in [6.45, 7) is 1.34. The molecule has 0 saturated carbocycles. The lowest BCUT2D eigenvalue weighted by molar-refractivity contribution is 0.239. The fraction of sp³-hybridized carbons (Fsp3) is 0.350. The van der Waals surface area contributed by atoms with Crippen molar-refractivity contribution in [1.29, 1.82) is 5.26 Å². The fourth-order valence-electron chi connectivity index (χ4n) is 3.45. The zero-order valence-corrected chi connectivity index (χ0v) is 14.5. The molecule has 0 N–H and O–H groups in total. The quantitative estimate of drug-likeness (QED) is 0.824. The van der Waals surface area contributed by atoms with Crippen molar-refractivity contribution in [2.45, 2.75) is 25.4 Å². The van der Waals surface area contributed by atoms with E-state index in [1.165, 1.54) is 12.1 Å². The van der Waals surface area contributed by atoms with E-state index in [9.17, 15) is 4.39 Å². The van der Waals surface area contributed by atoms with E-state index >= 15 is 0 Å². The molecule has 0 radical (unpaired) electrons. The summed E-state index contributed by atoms with van der Waals surface area (Å²) in [7, 11) is 3.29. The molecule has 1 aliphatic heterocycles. The third-order valence-electron chi connectivity index (χ3n) is 4.71. The number of hydrogen-bond acceptors (Lipinski definition) is 4. The van der Waals surface area contributed by atoms with Crippen LogP contribution in [0.4, 0.5) is 4.39 Å². The van der Waals surface area contributed by atoms with Crippen molar-refractivity contribution in [2.75, 3.05) is 20.8 Å². The van der Waals surface area contributed by atoms with Crippen LogP contribution in [0.1, 0.15) is 35.6 Å². The maximum atomic E-state index is 14.2. The number of benzene rings is 2. The first-order valence-electron chi connectivity index (χ1n) is 8.30. The van der Waals surface area contributed by atoms with Crippen LogP contribution in [0.2, 0.25) is 0 Å². The zero-order valence-electron chi connectivity index (χ0n) is 14.5. The van der Waals surface area contributed by atoms with Crippen LogP contribution in [0, 0.1) is 17.1 Å². The van der Waals surface area contributed by atoms with Gasteiger partial charge in [0.1, 0.15) is 17.3 Å². The lowest BCUT2D eigenvalue weighted by Crippen LogP contribution is -2.23. The van der Waals surface area contributed by atoms with Gasteiger partial charge in [-0.2, -0.15) is 5.26 Å². The molecule has 2 aromatic carbocycles. The lowest BCUT2D eigenvalue weighted by Gasteiger charge is -2.26. The minimum absolute atomic E-state index is 0.134. The third-order valence-corrected chi connectivity index (χ3v) is 4.71. The molecule has 0 aliphatic carbocycles. The molecule has 1 aliphatic rings. The van der Waals surface area contributed by atoms with E-state index in [-0.39, 0.29) is 11.9 Å². The first-order chi connectivity index (χ1) is 12.2. The molecule has 0 amide bonds. The lowest BCUT2D eigenvalue weighted by atomic mass is 10.0. The van der Waals surface area contributed by atoms with Gasteiger partial charge in [0.2, 0.25) is 0 Å². The molecule has 4 nitrogen and oxygen atoms in total. The third kappa shape index (κ3) is 3.59. The number of nitriles is 1. The van der Waals surface area contributed by atoms with Crippen molar-refractivity contribution in [1.82, 2.24) is 4.90 Å². The molecule has 3 rings (SSSR count). The second kappa shape index (κ2) is 7.54. The maximum absolute atomic E-state index is 14.2. The highest BCUT2D eigenvalue weighted by Crippen LogP contribution is 2.39. The number of methoxy groups -OCH3 is 2. The second-order valence-electron chi connectivity index (χ2n) is 6.15. The predicted molar refractivity (Wildman–Crippen MR) is 93.0 cm³/mol. The van der Waals surface area contributed by atoms with Crippen LogP contribution in [0.5, 0.6) is 11.5 Å². The summed E-state index contributed by atoms with van der Waals surface area (Å²) in [6, 6.07) is 12.5. The summed E-state index contributed by atoms with van der Waals surface area (Å²) in [4.78, 5) is 2.23. The summed E-state index contributed by atoms with van der Waals surface area (Å²) in [5.74, 6) is 1.31. The Balaban J connectivity index is 1.90. The molecule has 0 spiro atoms. The monoisotopic (exact) mass is 340 g/mol. The van der Waals surface area contributed by atoms with Crippen LogP contribution >= 0.6 is 0 Å². The molecule has 5 heteroatoms. The largest absolute Gasteiger partial charge is 0.497 e. The van der Waals surface area contributed by atoms with E-state index in [1.807, 2.05) is 18.2 Å². The zero-order chi connectivity index (χ0) is 17.8.